The first kappa shape index (κ1) is 14.1. The Hall–Kier alpha value is -0.920. The largest absolute Gasteiger partial charge is 0.303 e. The lowest BCUT2D eigenvalue weighted by atomic mass is 9.98. The molecule has 2 heteroatoms. The summed E-state index contributed by atoms with van der Waals surface area (Å²) < 4.78 is 0. The van der Waals surface area contributed by atoms with Crippen LogP contribution in [0.5, 0.6) is 0 Å². The number of unbranched alkanes of at least 4 members (excludes halogenated alkanes) is 3. The van der Waals surface area contributed by atoms with Crippen molar-refractivity contribution >= 4 is 12.1 Å². The van der Waals surface area contributed by atoms with Crippen molar-refractivity contribution in [3.63, 3.8) is 0 Å². The first-order valence-corrected chi connectivity index (χ1v) is 5.91. The molecule has 0 amide bonds. The molecule has 0 aliphatic rings. The summed E-state index contributed by atoms with van der Waals surface area (Å²) in [5.74, 6) is -0.447. The van der Waals surface area contributed by atoms with Crippen LogP contribution in [-0.4, -0.2) is 12.1 Å². The number of ketones is 1. The number of carbonyl (C=O) groups is 2. The highest BCUT2D eigenvalue weighted by Gasteiger charge is 2.13. The summed E-state index contributed by atoms with van der Waals surface area (Å²) in [4.78, 5) is 22.2. The van der Waals surface area contributed by atoms with Crippen LogP contribution in [0.2, 0.25) is 0 Å². The molecule has 0 aromatic rings. The molecule has 15 heavy (non-hydrogen) atoms. The van der Waals surface area contributed by atoms with Gasteiger partial charge in [-0.3, -0.25) is 4.79 Å². The molecule has 86 valence electrons. The number of hydrogen-bond acceptors (Lipinski definition) is 2. The van der Waals surface area contributed by atoms with Gasteiger partial charge in [-0.05, 0) is 18.9 Å². The summed E-state index contributed by atoms with van der Waals surface area (Å²) in [6, 6.07) is 0. The fourth-order valence-electron chi connectivity index (χ4n) is 1.35. The second-order valence-corrected chi connectivity index (χ2v) is 3.83. The lowest BCUT2D eigenvalue weighted by molar-refractivity contribution is -0.124. The summed E-state index contributed by atoms with van der Waals surface area (Å²) in [6.07, 6.45) is 10.1. The van der Waals surface area contributed by atoms with Crippen LogP contribution in [-0.2, 0) is 9.59 Å². The van der Waals surface area contributed by atoms with E-state index in [1.807, 2.05) is 6.08 Å². The molecule has 0 saturated heterocycles. The van der Waals surface area contributed by atoms with Crippen LogP contribution in [0.3, 0.4) is 0 Å². The molecule has 0 aliphatic carbocycles. The van der Waals surface area contributed by atoms with Crippen molar-refractivity contribution in [2.45, 2.75) is 52.4 Å². The maximum Gasteiger partial charge on any atom is 0.165 e. The number of allylic oxidation sites excluding steroid dienone is 2. The SMILES string of the molecule is CCCCC=CC(=O)C(C=O)CCCC. The van der Waals surface area contributed by atoms with Gasteiger partial charge in [0.05, 0.1) is 5.92 Å². The summed E-state index contributed by atoms with van der Waals surface area (Å²) in [7, 11) is 0. The Morgan fingerprint density at radius 3 is 2.40 bits per heavy atom. The van der Waals surface area contributed by atoms with Gasteiger partial charge in [-0.2, -0.15) is 0 Å². The summed E-state index contributed by atoms with van der Waals surface area (Å²) >= 11 is 0. The Morgan fingerprint density at radius 1 is 1.20 bits per heavy atom. The van der Waals surface area contributed by atoms with Crippen molar-refractivity contribution in [2.24, 2.45) is 5.92 Å². The highest BCUT2D eigenvalue weighted by atomic mass is 16.1. The highest BCUT2D eigenvalue weighted by molar-refractivity contribution is 6.00. The lowest BCUT2D eigenvalue weighted by Crippen LogP contribution is -2.13. The monoisotopic (exact) mass is 210 g/mol. The standard InChI is InChI=1S/C13H22O2/c1-3-5-7-8-10-13(15)12(11-14)9-6-4-2/h8,10-12H,3-7,9H2,1-2H3. The van der Waals surface area contributed by atoms with Crippen LogP contribution in [0.1, 0.15) is 52.4 Å². The molecule has 0 saturated carbocycles. The number of carbonyl (C=O) groups excluding carboxylic acids is 2. The summed E-state index contributed by atoms with van der Waals surface area (Å²) in [6.45, 7) is 4.18. The van der Waals surface area contributed by atoms with Crippen LogP contribution in [0.25, 0.3) is 0 Å². The van der Waals surface area contributed by atoms with Gasteiger partial charge in [0.2, 0.25) is 0 Å². The Morgan fingerprint density at radius 2 is 1.87 bits per heavy atom. The maximum atomic E-state index is 11.5. The van der Waals surface area contributed by atoms with Crippen molar-refractivity contribution in [1.82, 2.24) is 0 Å². The van der Waals surface area contributed by atoms with Gasteiger partial charge >= 0.3 is 0 Å². The van der Waals surface area contributed by atoms with E-state index in [4.69, 9.17) is 0 Å². The van der Waals surface area contributed by atoms with Crippen LogP contribution in [0, 0.1) is 5.92 Å². The van der Waals surface area contributed by atoms with E-state index < -0.39 is 5.92 Å². The minimum atomic E-state index is -0.414. The van der Waals surface area contributed by atoms with E-state index in [1.165, 1.54) is 0 Å². The third-order valence-corrected chi connectivity index (χ3v) is 2.40. The molecule has 1 unspecified atom stereocenters. The highest BCUT2D eigenvalue weighted by Crippen LogP contribution is 2.08. The average Bonchev–Trinajstić information content (AvgIpc) is 2.25. The summed E-state index contributed by atoms with van der Waals surface area (Å²) in [5.41, 5.74) is 0. The van der Waals surface area contributed by atoms with Gasteiger partial charge < -0.3 is 4.79 Å². The second-order valence-electron chi connectivity index (χ2n) is 3.83. The van der Waals surface area contributed by atoms with Gasteiger partial charge in [0.1, 0.15) is 6.29 Å². The molecule has 0 radical (unpaired) electrons. The maximum absolute atomic E-state index is 11.5. The fourth-order valence-corrected chi connectivity index (χ4v) is 1.35. The molecule has 0 fully saturated rings. The molecule has 0 aliphatic heterocycles. The third kappa shape index (κ3) is 7.06. The Balaban J connectivity index is 3.92. The second kappa shape index (κ2) is 9.63. The zero-order chi connectivity index (χ0) is 11.5. The quantitative estimate of drug-likeness (QED) is 0.253. The van der Waals surface area contributed by atoms with Crippen LogP contribution in [0.15, 0.2) is 12.2 Å². The number of rotatable bonds is 9. The summed E-state index contributed by atoms with van der Waals surface area (Å²) in [5, 5.41) is 0. The van der Waals surface area contributed by atoms with Gasteiger partial charge in [0.15, 0.2) is 5.78 Å². The number of aldehydes is 1. The van der Waals surface area contributed by atoms with E-state index in [0.717, 1.165) is 38.4 Å². The first-order valence-electron chi connectivity index (χ1n) is 5.91. The molecule has 0 aromatic carbocycles. The van der Waals surface area contributed by atoms with Crippen LogP contribution in [0.4, 0.5) is 0 Å². The Labute approximate surface area is 92.8 Å². The molecule has 0 heterocycles. The first-order chi connectivity index (χ1) is 7.26. The molecule has 0 N–H and O–H groups in total. The van der Waals surface area contributed by atoms with Gasteiger partial charge in [-0.25, -0.2) is 0 Å². The molecule has 1 atom stereocenters. The van der Waals surface area contributed by atoms with Crippen LogP contribution >= 0.6 is 0 Å². The molecule has 0 rings (SSSR count). The van der Waals surface area contributed by atoms with Crippen molar-refractivity contribution in [3.05, 3.63) is 12.2 Å². The van der Waals surface area contributed by atoms with E-state index >= 15 is 0 Å². The Kier molecular flexibility index (Phi) is 9.04. The van der Waals surface area contributed by atoms with E-state index in [-0.39, 0.29) is 5.78 Å². The number of hydrogen-bond donors (Lipinski definition) is 0. The average molecular weight is 210 g/mol. The van der Waals surface area contributed by atoms with E-state index in [2.05, 4.69) is 13.8 Å². The van der Waals surface area contributed by atoms with Crippen molar-refractivity contribution in [2.75, 3.05) is 0 Å². The van der Waals surface area contributed by atoms with Gasteiger partial charge in [0, 0.05) is 0 Å². The van der Waals surface area contributed by atoms with Crippen molar-refractivity contribution in [3.8, 4) is 0 Å². The molecule has 0 aromatic heterocycles. The van der Waals surface area contributed by atoms with Crippen LogP contribution < -0.4 is 0 Å². The predicted octanol–water partition coefficient (Wildman–Crippen LogP) is 3.31. The zero-order valence-electron chi connectivity index (χ0n) is 9.87. The molecular weight excluding hydrogens is 188 g/mol. The topological polar surface area (TPSA) is 34.1 Å². The van der Waals surface area contributed by atoms with E-state index in [0.29, 0.717) is 6.42 Å². The van der Waals surface area contributed by atoms with E-state index in [9.17, 15) is 9.59 Å². The molecular formula is C13H22O2. The van der Waals surface area contributed by atoms with Gasteiger partial charge in [-0.1, -0.05) is 45.6 Å². The fraction of sp³-hybridized carbons (Fsp3) is 0.692. The van der Waals surface area contributed by atoms with Gasteiger partial charge in [-0.15, -0.1) is 0 Å². The minimum Gasteiger partial charge on any atom is -0.303 e. The molecule has 0 bridgehead atoms. The predicted molar refractivity (Wildman–Crippen MR) is 62.8 cm³/mol. The lowest BCUT2D eigenvalue weighted by Gasteiger charge is -2.04. The Bertz CT molecular complexity index is 207. The zero-order valence-corrected chi connectivity index (χ0v) is 9.87. The normalized spacial score (nSPS) is 12.9. The van der Waals surface area contributed by atoms with Crippen molar-refractivity contribution in [1.29, 1.82) is 0 Å². The van der Waals surface area contributed by atoms with E-state index in [1.54, 1.807) is 6.08 Å². The van der Waals surface area contributed by atoms with Crippen molar-refractivity contribution < 1.29 is 9.59 Å². The third-order valence-electron chi connectivity index (χ3n) is 2.40. The molecule has 2 nitrogen and oxygen atoms in total. The molecule has 0 spiro atoms. The van der Waals surface area contributed by atoms with Gasteiger partial charge in [0.25, 0.3) is 0 Å². The minimum absolute atomic E-state index is 0.0328. The smallest absolute Gasteiger partial charge is 0.165 e.